The van der Waals surface area contributed by atoms with Crippen LogP contribution in [0.5, 0.6) is 5.75 Å². The Hall–Kier alpha value is -2.91. The van der Waals surface area contributed by atoms with Gasteiger partial charge in [0.25, 0.3) is 0 Å². The van der Waals surface area contributed by atoms with Gasteiger partial charge in [-0.3, -0.25) is 0 Å². The molecule has 8 nitrogen and oxygen atoms in total. The molecule has 2 aromatic heterocycles. The Morgan fingerprint density at radius 1 is 1.06 bits per heavy atom. The summed E-state index contributed by atoms with van der Waals surface area (Å²) in [5.74, 6) is 2.33. The molecule has 9 heteroatoms. The van der Waals surface area contributed by atoms with Crippen molar-refractivity contribution in [3.8, 4) is 5.75 Å². The zero-order chi connectivity index (χ0) is 23.9. The van der Waals surface area contributed by atoms with Gasteiger partial charge in [-0.15, -0.1) is 0 Å². The molecule has 1 aromatic carbocycles. The second-order valence-electron chi connectivity index (χ2n) is 10.0. The summed E-state index contributed by atoms with van der Waals surface area (Å²) in [6, 6.07) is 10.3. The number of aromatic nitrogens is 3. The maximum absolute atomic E-state index is 6.22. The van der Waals surface area contributed by atoms with Gasteiger partial charge in [-0.05, 0) is 64.2 Å². The number of nitrogens with one attached hydrogen (secondary N) is 1. The quantitative estimate of drug-likeness (QED) is 0.579. The molecule has 0 atom stereocenters. The second kappa shape index (κ2) is 8.71. The summed E-state index contributed by atoms with van der Waals surface area (Å²) in [6.45, 7) is 10.1. The molecule has 2 aliphatic rings. The van der Waals surface area contributed by atoms with Crippen LogP contribution in [-0.4, -0.2) is 59.5 Å². The van der Waals surface area contributed by atoms with Gasteiger partial charge in [0.15, 0.2) is 0 Å². The van der Waals surface area contributed by atoms with Crippen LogP contribution in [0.3, 0.4) is 0 Å². The predicted octanol–water partition coefficient (Wildman–Crippen LogP) is 3.41. The highest BCUT2D eigenvalue weighted by Crippen LogP contribution is 2.37. The number of fused-ring (bicyclic) bond motifs is 1. The number of anilines is 2. The van der Waals surface area contributed by atoms with E-state index in [1.165, 1.54) is 0 Å². The fraction of sp³-hybridized carbons (Fsp3) is 0.480. The highest BCUT2D eigenvalue weighted by Gasteiger charge is 2.51. The molecule has 178 valence electrons. The summed E-state index contributed by atoms with van der Waals surface area (Å²) in [6.07, 6.45) is 5.67. The lowest BCUT2D eigenvalue weighted by Crippen LogP contribution is -2.41. The molecule has 2 fully saturated rings. The van der Waals surface area contributed by atoms with E-state index in [1.54, 1.807) is 7.11 Å². The number of hydrogen-bond donors (Lipinski definition) is 1. The highest BCUT2D eigenvalue weighted by atomic mass is 16.7. The van der Waals surface area contributed by atoms with Crippen molar-refractivity contribution in [2.75, 3.05) is 30.4 Å². The van der Waals surface area contributed by atoms with Crippen LogP contribution in [0.4, 0.5) is 11.8 Å². The number of ether oxygens (including phenoxy) is 1. The van der Waals surface area contributed by atoms with Crippen LogP contribution in [0.1, 0.15) is 40.5 Å². The maximum Gasteiger partial charge on any atom is 0.494 e. The van der Waals surface area contributed by atoms with Gasteiger partial charge in [-0.1, -0.05) is 12.1 Å². The van der Waals surface area contributed by atoms with E-state index in [-0.39, 0.29) is 0 Å². The zero-order valence-electron chi connectivity index (χ0n) is 20.5. The Morgan fingerprint density at radius 2 is 1.79 bits per heavy atom. The number of rotatable bonds is 5. The molecule has 1 N–H and O–H groups in total. The Labute approximate surface area is 201 Å². The first-order chi connectivity index (χ1) is 16.3. The summed E-state index contributed by atoms with van der Waals surface area (Å²) in [5.41, 5.74) is 0.854. The average molecular weight is 461 g/mol. The Kier molecular flexibility index (Phi) is 5.85. The molecule has 4 heterocycles. The summed E-state index contributed by atoms with van der Waals surface area (Å²) < 4.78 is 18.1. The Morgan fingerprint density at radius 3 is 2.44 bits per heavy atom. The second-order valence-corrected chi connectivity index (χ2v) is 10.0. The van der Waals surface area contributed by atoms with Crippen molar-refractivity contribution in [3.63, 3.8) is 0 Å². The molecule has 0 unspecified atom stereocenters. The van der Waals surface area contributed by atoms with Crippen molar-refractivity contribution < 1.29 is 14.0 Å². The third-order valence-electron chi connectivity index (χ3n) is 7.22. The van der Waals surface area contributed by atoms with E-state index in [4.69, 9.17) is 19.0 Å². The standard InChI is InChI=1S/C25H32BN5O3/c1-24(2)25(3,4)34-26(33-24)18-14-17-16-28-23(30-22(17)20(15-18)32-5)29-19-9-12-31(13-10-19)21-8-6-7-11-27-21/h6-8,11,14-16,19H,9-10,12-13H2,1-5H3,(H,28,29,30). The molecule has 34 heavy (non-hydrogen) atoms. The highest BCUT2D eigenvalue weighted by molar-refractivity contribution is 6.62. The Bertz CT molecular complexity index is 1150. The van der Waals surface area contributed by atoms with E-state index >= 15 is 0 Å². The number of benzene rings is 1. The third kappa shape index (κ3) is 4.30. The Balaban J connectivity index is 1.31. The van der Waals surface area contributed by atoms with E-state index in [1.807, 2.05) is 64.4 Å². The SMILES string of the molecule is COc1cc(B2OC(C)(C)C(C)(C)O2)cc2cnc(NC3CCN(c4ccccn4)CC3)nc12. The molecule has 0 spiro atoms. The molecule has 0 aliphatic carbocycles. The third-order valence-corrected chi connectivity index (χ3v) is 7.22. The largest absolute Gasteiger partial charge is 0.494 e. The number of piperidine rings is 1. The first-order valence-corrected chi connectivity index (χ1v) is 11.9. The van der Waals surface area contributed by atoms with Gasteiger partial charge in [-0.2, -0.15) is 0 Å². The van der Waals surface area contributed by atoms with Gasteiger partial charge in [0.2, 0.25) is 5.95 Å². The van der Waals surface area contributed by atoms with Crippen LogP contribution in [0.2, 0.25) is 0 Å². The van der Waals surface area contributed by atoms with Crippen molar-refractivity contribution in [1.29, 1.82) is 0 Å². The van der Waals surface area contributed by atoms with Gasteiger partial charge in [0.1, 0.15) is 17.1 Å². The van der Waals surface area contributed by atoms with Gasteiger partial charge in [0.05, 0.1) is 18.3 Å². The number of hydrogen-bond acceptors (Lipinski definition) is 8. The van der Waals surface area contributed by atoms with Crippen molar-refractivity contribution in [3.05, 3.63) is 42.7 Å². The van der Waals surface area contributed by atoms with E-state index in [0.717, 1.165) is 48.1 Å². The van der Waals surface area contributed by atoms with E-state index < -0.39 is 18.3 Å². The van der Waals surface area contributed by atoms with Gasteiger partial charge in [-0.25, -0.2) is 15.0 Å². The van der Waals surface area contributed by atoms with Crippen molar-refractivity contribution in [2.24, 2.45) is 0 Å². The van der Waals surface area contributed by atoms with Crippen LogP contribution < -0.4 is 20.4 Å². The van der Waals surface area contributed by atoms with Crippen molar-refractivity contribution in [1.82, 2.24) is 15.0 Å². The van der Waals surface area contributed by atoms with E-state index in [0.29, 0.717) is 17.7 Å². The lowest BCUT2D eigenvalue weighted by molar-refractivity contribution is 0.00578. The predicted molar refractivity (Wildman–Crippen MR) is 135 cm³/mol. The molecular weight excluding hydrogens is 429 g/mol. The normalized spacial score (nSPS) is 20.0. The molecule has 0 saturated carbocycles. The monoisotopic (exact) mass is 461 g/mol. The van der Waals surface area contributed by atoms with Crippen LogP contribution >= 0.6 is 0 Å². The van der Waals surface area contributed by atoms with Crippen molar-refractivity contribution in [2.45, 2.75) is 57.8 Å². The first-order valence-electron chi connectivity index (χ1n) is 11.9. The van der Waals surface area contributed by atoms with Gasteiger partial charge < -0.3 is 24.3 Å². The topological polar surface area (TPSA) is 81.6 Å². The lowest BCUT2D eigenvalue weighted by atomic mass is 9.78. The van der Waals surface area contributed by atoms with Crippen molar-refractivity contribution >= 4 is 35.3 Å². The molecule has 0 bridgehead atoms. The van der Waals surface area contributed by atoms with Crippen LogP contribution in [-0.2, 0) is 9.31 Å². The lowest BCUT2D eigenvalue weighted by Gasteiger charge is -2.33. The average Bonchev–Trinajstić information content (AvgIpc) is 3.06. The summed E-state index contributed by atoms with van der Waals surface area (Å²) in [5, 5.41) is 4.40. The van der Waals surface area contributed by atoms with Crippen LogP contribution in [0, 0.1) is 0 Å². The molecule has 2 aliphatic heterocycles. The molecule has 3 aromatic rings. The fourth-order valence-electron chi connectivity index (χ4n) is 4.45. The fourth-order valence-corrected chi connectivity index (χ4v) is 4.45. The smallest absolute Gasteiger partial charge is 0.494 e. The first kappa shape index (κ1) is 22.9. The van der Waals surface area contributed by atoms with Gasteiger partial charge in [0, 0.05) is 36.9 Å². The summed E-state index contributed by atoms with van der Waals surface area (Å²) >= 11 is 0. The van der Waals surface area contributed by atoms with Gasteiger partial charge >= 0.3 is 7.12 Å². The zero-order valence-corrected chi connectivity index (χ0v) is 20.5. The molecule has 0 radical (unpaired) electrons. The van der Waals surface area contributed by atoms with Crippen LogP contribution in [0.15, 0.2) is 42.7 Å². The minimum atomic E-state index is -0.467. The number of pyridine rings is 1. The minimum absolute atomic E-state index is 0.312. The van der Waals surface area contributed by atoms with E-state index in [9.17, 15) is 0 Å². The number of nitrogens with zero attached hydrogens (tertiary/aromatic N) is 4. The molecule has 2 saturated heterocycles. The number of methoxy groups -OCH3 is 1. The summed E-state index contributed by atoms with van der Waals surface area (Å²) in [7, 11) is 1.19. The minimum Gasteiger partial charge on any atom is -0.494 e. The maximum atomic E-state index is 6.22. The van der Waals surface area contributed by atoms with E-state index in [2.05, 4.69) is 26.3 Å². The van der Waals surface area contributed by atoms with Crippen LogP contribution in [0.25, 0.3) is 10.9 Å². The summed E-state index contributed by atoms with van der Waals surface area (Å²) in [4.78, 5) is 16.2. The molecular formula is C25H32BN5O3. The molecule has 0 amide bonds. The molecule has 5 rings (SSSR count).